The van der Waals surface area contributed by atoms with Gasteiger partial charge in [-0.15, -0.1) is 0 Å². The normalized spacial score (nSPS) is 11.8. The molecule has 0 saturated carbocycles. The minimum Gasteiger partial charge on any atom is -0.370 e. The third-order valence-corrected chi connectivity index (χ3v) is 3.11. The Bertz CT molecular complexity index is 355. The zero-order valence-corrected chi connectivity index (χ0v) is 11.2. The van der Waals surface area contributed by atoms with Crippen LogP contribution in [0, 0.1) is 0 Å². The van der Waals surface area contributed by atoms with E-state index in [2.05, 4.69) is 35.7 Å². The van der Waals surface area contributed by atoms with Gasteiger partial charge in [0.1, 0.15) is 11.4 Å². The van der Waals surface area contributed by atoms with Gasteiger partial charge in [0.2, 0.25) is 5.95 Å². The van der Waals surface area contributed by atoms with E-state index in [-0.39, 0.29) is 5.95 Å². The van der Waals surface area contributed by atoms with Crippen molar-refractivity contribution in [2.24, 2.45) is 0 Å². The molecule has 1 heterocycles. The van der Waals surface area contributed by atoms with E-state index in [1.165, 1.54) is 0 Å². The standard InChI is InChI=1S/C12H22N4O/c1-5-8-9-14-10(16-11(13)15-9)12(6-2,7-3)17-4/h5-8H2,1-4H3,(H2,13,14,15,16). The third-order valence-electron chi connectivity index (χ3n) is 3.11. The molecule has 0 amide bonds. The lowest BCUT2D eigenvalue weighted by Gasteiger charge is -2.28. The van der Waals surface area contributed by atoms with Crippen molar-refractivity contribution in [3.05, 3.63) is 11.6 Å². The average molecular weight is 238 g/mol. The quantitative estimate of drug-likeness (QED) is 0.821. The molecule has 0 atom stereocenters. The Balaban J connectivity index is 3.19. The fourth-order valence-corrected chi connectivity index (χ4v) is 1.92. The van der Waals surface area contributed by atoms with Crippen molar-refractivity contribution in [1.29, 1.82) is 0 Å². The summed E-state index contributed by atoms with van der Waals surface area (Å²) < 4.78 is 5.60. The highest BCUT2D eigenvalue weighted by atomic mass is 16.5. The zero-order chi connectivity index (χ0) is 12.9. The summed E-state index contributed by atoms with van der Waals surface area (Å²) in [5.41, 5.74) is 5.29. The molecule has 0 aliphatic heterocycles. The van der Waals surface area contributed by atoms with Gasteiger partial charge in [-0.25, -0.2) is 4.98 Å². The molecule has 17 heavy (non-hydrogen) atoms. The molecule has 0 saturated heterocycles. The fourth-order valence-electron chi connectivity index (χ4n) is 1.92. The number of methoxy groups -OCH3 is 1. The van der Waals surface area contributed by atoms with Crippen LogP contribution in [-0.2, 0) is 16.8 Å². The van der Waals surface area contributed by atoms with Crippen LogP contribution in [0.2, 0.25) is 0 Å². The third kappa shape index (κ3) is 2.91. The van der Waals surface area contributed by atoms with Crippen molar-refractivity contribution in [3.8, 4) is 0 Å². The van der Waals surface area contributed by atoms with E-state index in [4.69, 9.17) is 10.5 Å². The van der Waals surface area contributed by atoms with Crippen molar-refractivity contribution >= 4 is 5.95 Å². The molecular formula is C12H22N4O. The first-order valence-electron chi connectivity index (χ1n) is 6.17. The van der Waals surface area contributed by atoms with E-state index in [1.54, 1.807) is 7.11 Å². The molecule has 1 aromatic heterocycles. The van der Waals surface area contributed by atoms with Crippen molar-refractivity contribution in [2.75, 3.05) is 12.8 Å². The molecule has 1 aromatic rings. The summed E-state index contributed by atoms with van der Waals surface area (Å²) in [7, 11) is 1.69. The second-order valence-electron chi connectivity index (χ2n) is 4.09. The summed E-state index contributed by atoms with van der Waals surface area (Å²) in [6, 6.07) is 0. The maximum atomic E-state index is 5.73. The number of hydrogen-bond donors (Lipinski definition) is 1. The van der Waals surface area contributed by atoms with E-state index in [1.807, 2.05) is 0 Å². The zero-order valence-electron chi connectivity index (χ0n) is 11.2. The topological polar surface area (TPSA) is 73.9 Å². The van der Waals surface area contributed by atoms with Gasteiger partial charge in [0.05, 0.1) is 0 Å². The van der Waals surface area contributed by atoms with Crippen LogP contribution < -0.4 is 5.73 Å². The molecule has 0 aliphatic rings. The summed E-state index contributed by atoms with van der Waals surface area (Å²) in [5.74, 6) is 1.68. The van der Waals surface area contributed by atoms with Crippen LogP contribution >= 0.6 is 0 Å². The lowest BCUT2D eigenvalue weighted by molar-refractivity contribution is -0.0293. The van der Waals surface area contributed by atoms with Gasteiger partial charge in [-0.05, 0) is 19.3 Å². The van der Waals surface area contributed by atoms with Crippen molar-refractivity contribution < 1.29 is 4.74 Å². The SMILES string of the molecule is CCCc1nc(N)nc(C(CC)(CC)OC)n1. The smallest absolute Gasteiger partial charge is 0.223 e. The second-order valence-corrected chi connectivity index (χ2v) is 4.09. The van der Waals surface area contributed by atoms with Crippen LogP contribution in [0.4, 0.5) is 5.95 Å². The average Bonchev–Trinajstić information content (AvgIpc) is 2.32. The Hall–Kier alpha value is -1.23. The molecule has 0 unspecified atom stereocenters. The van der Waals surface area contributed by atoms with Gasteiger partial charge in [0.25, 0.3) is 0 Å². The molecular weight excluding hydrogens is 216 g/mol. The minimum absolute atomic E-state index is 0.279. The largest absolute Gasteiger partial charge is 0.370 e. The monoisotopic (exact) mass is 238 g/mol. The maximum absolute atomic E-state index is 5.73. The van der Waals surface area contributed by atoms with Gasteiger partial charge in [0, 0.05) is 13.5 Å². The predicted octanol–water partition coefficient (Wildman–Crippen LogP) is 2.07. The molecule has 96 valence electrons. The Labute approximate surface area is 103 Å². The molecule has 2 N–H and O–H groups in total. The molecule has 5 nitrogen and oxygen atoms in total. The van der Waals surface area contributed by atoms with Crippen LogP contribution in [0.3, 0.4) is 0 Å². The van der Waals surface area contributed by atoms with Crippen molar-refractivity contribution in [1.82, 2.24) is 15.0 Å². The molecule has 0 spiro atoms. The second kappa shape index (κ2) is 5.91. The Morgan fingerprint density at radius 1 is 1.12 bits per heavy atom. The van der Waals surface area contributed by atoms with E-state index < -0.39 is 5.60 Å². The Kier molecular flexibility index (Phi) is 4.81. The summed E-state index contributed by atoms with van der Waals surface area (Å²) >= 11 is 0. The van der Waals surface area contributed by atoms with Gasteiger partial charge in [0.15, 0.2) is 5.82 Å². The van der Waals surface area contributed by atoms with Gasteiger partial charge in [-0.3, -0.25) is 0 Å². The van der Waals surface area contributed by atoms with E-state index in [0.29, 0.717) is 5.82 Å². The van der Waals surface area contributed by atoms with Crippen LogP contribution in [-0.4, -0.2) is 22.1 Å². The number of ether oxygens (including phenoxy) is 1. The maximum Gasteiger partial charge on any atom is 0.223 e. The van der Waals surface area contributed by atoms with Gasteiger partial charge in [-0.2, -0.15) is 9.97 Å². The molecule has 5 heteroatoms. The van der Waals surface area contributed by atoms with Gasteiger partial charge in [-0.1, -0.05) is 20.8 Å². The number of nitrogens with zero attached hydrogens (tertiary/aromatic N) is 3. The first kappa shape index (κ1) is 13.8. The highest BCUT2D eigenvalue weighted by Crippen LogP contribution is 2.29. The van der Waals surface area contributed by atoms with Crippen molar-refractivity contribution in [3.63, 3.8) is 0 Å². The van der Waals surface area contributed by atoms with Crippen molar-refractivity contribution in [2.45, 2.75) is 52.1 Å². The first-order valence-corrected chi connectivity index (χ1v) is 6.17. The molecule has 0 aliphatic carbocycles. The molecule has 1 rings (SSSR count). The minimum atomic E-state index is -0.445. The van der Waals surface area contributed by atoms with Crippen LogP contribution in [0.25, 0.3) is 0 Å². The number of rotatable bonds is 6. The van der Waals surface area contributed by atoms with Gasteiger partial charge >= 0.3 is 0 Å². The number of hydrogen-bond acceptors (Lipinski definition) is 5. The number of nitrogens with two attached hydrogens (primary N) is 1. The van der Waals surface area contributed by atoms with Gasteiger partial charge < -0.3 is 10.5 Å². The summed E-state index contributed by atoms with van der Waals surface area (Å²) in [6.45, 7) is 6.21. The molecule has 0 bridgehead atoms. The molecule has 0 radical (unpaired) electrons. The Morgan fingerprint density at radius 3 is 2.24 bits per heavy atom. The summed E-state index contributed by atoms with van der Waals surface area (Å²) in [5, 5.41) is 0. The van der Waals surface area contributed by atoms with Crippen LogP contribution in [0.15, 0.2) is 0 Å². The fraction of sp³-hybridized carbons (Fsp3) is 0.750. The van der Waals surface area contributed by atoms with Crippen LogP contribution in [0.1, 0.15) is 51.7 Å². The first-order chi connectivity index (χ1) is 8.11. The highest BCUT2D eigenvalue weighted by molar-refractivity contribution is 5.19. The molecule has 0 aromatic carbocycles. The van der Waals surface area contributed by atoms with E-state index >= 15 is 0 Å². The summed E-state index contributed by atoms with van der Waals surface area (Å²) in [4.78, 5) is 12.9. The Morgan fingerprint density at radius 2 is 1.76 bits per heavy atom. The lowest BCUT2D eigenvalue weighted by atomic mass is 9.96. The number of aryl methyl sites for hydroxylation is 1. The van der Waals surface area contributed by atoms with E-state index in [0.717, 1.165) is 31.5 Å². The number of anilines is 1. The van der Waals surface area contributed by atoms with Crippen LogP contribution in [0.5, 0.6) is 0 Å². The predicted molar refractivity (Wildman–Crippen MR) is 67.5 cm³/mol. The molecule has 0 fully saturated rings. The number of nitrogen functional groups attached to an aromatic ring is 1. The van der Waals surface area contributed by atoms with E-state index in [9.17, 15) is 0 Å². The summed E-state index contributed by atoms with van der Waals surface area (Å²) in [6.07, 6.45) is 3.43. The lowest BCUT2D eigenvalue weighted by Crippen LogP contribution is -2.30. The number of aromatic nitrogens is 3. The highest BCUT2D eigenvalue weighted by Gasteiger charge is 2.32.